The topological polar surface area (TPSA) is 48.7 Å². The summed E-state index contributed by atoms with van der Waals surface area (Å²) in [6, 6.07) is 11.9. The molecule has 0 saturated carbocycles. The molecule has 2 aromatic rings. The van der Waals surface area contributed by atoms with Crippen LogP contribution in [0.15, 0.2) is 42.6 Å². The van der Waals surface area contributed by atoms with E-state index < -0.39 is 5.82 Å². The van der Waals surface area contributed by atoms with Crippen LogP contribution in [0, 0.1) is 17.1 Å². The van der Waals surface area contributed by atoms with Gasteiger partial charge in [-0.3, -0.25) is 4.98 Å². The highest BCUT2D eigenvalue weighted by molar-refractivity contribution is 5.50. The zero-order chi connectivity index (χ0) is 13.0. The molecule has 3 nitrogen and oxygen atoms in total. The summed E-state index contributed by atoms with van der Waals surface area (Å²) < 4.78 is 13.2. The maximum absolute atomic E-state index is 13.2. The molecular weight excluding hydrogens is 229 g/mol. The van der Waals surface area contributed by atoms with E-state index in [-0.39, 0.29) is 11.6 Å². The third kappa shape index (κ3) is 2.64. The molecule has 1 unspecified atom stereocenters. The number of nitrogens with zero attached hydrogens (tertiary/aromatic N) is 2. The number of halogens is 1. The average Bonchev–Trinajstić information content (AvgIpc) is 2.42. The van der Waals surface area contributed by atoms with Gasteiger partial charge in [0.05, 0.1) is 17.3 Å². The van der Waals surface area contributed by atoms with Crippen LogP contribution in [-0.2, 0) is 0 Å². The van der Waals surface area contributed by atoms with Gasteiger partial charge in [-0.15, -0.1) is 0 Å². The van der Waals surface area contributed by atoms with Gasteiger partial charge in [0.2, 0.25) is 0 Å². The molecule has 0 bridgehead atoms. The summed E-state index contributed by atoms with van der Waals surface area (Å²) in [5.74, 6) is -0.506. The average molecular weight is 241 g/mol. The minimum Gasteiger partial charge on any atom is -0.377 e. The van der Waals surface area contributed by atoms with Gasteiger partial charge in [-0.2, -0.15) is 5.26 Å². The van der Waals surface area contributed by atoms with Crippen LogP contribution in [0.2, 0.25) is 0 Å². The van der Waals surface area contributed by atoms with E-state index in [1.165, 1.54) is 12.1 Å². The van der Waals surface area contributed by atoms with E-state index in [0.717, 1.165) is 5.69 Å². The summed E-state index contributed by atoms with van der Waals surface area (Å²) in [4.78, 5) is 4.23. The van der Waals surface area contributed by atoms with Crippen molar-refractivity contribution in [3.05, 3.63) is 59.7 Å². The highest BCUT2D eigenvalue weighted by atomic mass is 19.1. The zero-order valence-electron chi connectivity index (χ0n) is 9.89. The number of anilines is 1. The number of hydrogen-bond donors (Lipinski definition) is 1. The second-order valence-electron chi connectivity index (χ2n) is 3.93. The van der Waals surface area contributed by atoms with E-state index in [4.69, 9.17) is 5.26 Å². The fourth-order valence-electron chi connectivity index (χ4n) is 1.66. The van der Waals surface area contributed by atoms with Crippen LogP contribution in [-0.4, -0.2) is 4.98 Å². The summed E-state index contributed by atoms with van der Waals surface area (Å²) in [6.07, 6.45) is 1.72. The van der Waals surface area contributed by atoms with Gasteiger partial charge in [0.25, 0.3) is 0 Å². The van der Waals surface area contributed by atoms with Crippen LogP contribution in [0.1, 0.15) is 24.2 Å². The maximum atomic E-state index is 13.2. The molecule has 4 heteroatoms. The van der Waals surface area contributed by atoms with E-state index >= 15 is 0 Å². The van der Waals surface area contributed by atoms with Gasteiger partial charge in [-0.1, -0.05) is 6.07 Å². The second kappa shape index (κ2) is 5.28. The van der Waals surface area contributed by atoms with Crippen molar-refractivity contribution in [2.75, 3.05) is 5.32 Å². The van der Waals surface area contributed by atoms with Crippen LogP contribution >= 0.6 is 0 Å². The first kappa shape index (κ1) is 12.1. The van der Waals surface area contributed by atoms with Crippen LogP contribution in [0.3, 0.4) is 0 Å². The molecule has 0 radical (unpaired) electrons. The molecule has 0 aliphatic heterocycles. The Labute approximate surface area is 105 Å². The van der Waals surface area contributed by atoms with Crippen LogP contribution in [0.5, 0.6) is 0 Å². The van der Waals surface area contributed by atoms with Gasteiger partial charge in [-0.25, -0.2) is 4.39 Å². The van der Waals surface area contributed by atoms with Crippen LogP contribution in [0.4, 0.5) is 10.1 Å². The minimum absolute atomic E-state index is 0.0109. The van der Waals surface area contributed by atoms with E-state index in [1.54, 1.807) is 12.3 Å². The molecule has 0 amide bonds. The molecule has 0 saturated heterocycles. The lowest BCUT2D eigenvalue weighted by Crippen LogP contribution is -2.08. The van der Waals surface area contributed by atoms with E-state index in [2.05, 4.69) is 10.3 Å². The fourth-order valence-corrected chi connectivity index (χ4v) is 1.66. The fraction of sp³-hybridized carbons (Fsp3) is 0.143. The van der Waals surface area contributed by atoms with Crippen molar-refractivity contribution in [1.82, 2.24) is 4.98 Å². The summed E-state index contributed by atoms with van der Waals surface area (Å²) in [7, 11) is 0. The van der Waals surface area contributed by atoms with Gasteiger partial charge < -0.3 is 5.32 Å². The van der Waals surface area contributed by atoms with E-state index in [0.29, 0.717) is 5.69 Å². The number of aromatic nitrogens is 1. The Morgan fingerprint density at radius 3 is 2.83 bits per heavy atom. The van der Waals surface area contributed by atoms with Gasteiger partial charge in [0.15, 0.2) is 0 Å². The number of benzene rings is 1. The SMILES string of the molecule is CC(Nc1ccc(F)c(C#N)c1)c1ccccn1. The standard InChI is InChI=1S/C14H12FN3/c1-10(14-4-2-3-7-17-14)18-12-5-6-13(15)11(8-12)9-16/h2-8,10,18H,1H3. The Balaban J connectivity index is 2.18. The van der Waals surface area contributed by atoms with Crippen molar-refractivity contribution in [2.24, 2.45) is 0 Å². The molecule has 1 N–H and O–H groups in total. The molecule has 1 heterocycles. The van der Waals surface area contributed by atoms with E-state index in [1.807, 2.05) is 31.2 Å². The Morgan fingerprint density at radius 2 is 2.17 bits per heavy atom. The number of pyridine rings is 1. The third-order valence-electron chi connectivity index (χ3n) is 2.60. The quantitative estimate of drug-likeness (QED) is 0.897. The normalized spacial score (nSPS) is 11.6. The molecule has 2 rings (SSSR count). The number of hydrogen-bond acceptors (Lipinski definition) is 3. The predicted octanol–water partition coefficient (Wildman–Crippen LogP) is 3.27. The molecule has 0 spiro atoms. The van der Waals surface area contributed by atoms with Crippen molar-refractivity contribution >= 4 is 5.69 Å². The maximum Gasteiger partial charge on any atom is 0.141 e. The Kier molecular flexibility index (Phi) is 3.54. The van der Waals surface area contributed by atoms with Crippen LogP contribution in [0.25, 0.3) is 0 Å². The molecular formula is C14H12FN3. The van der Waals surface area contributed by atoms with Gasteiger partial charge in [0.1, 0.15) is 11.9 Å². The summed E-state index contributed by atoms with van der Waals surface area (Å²) in [6.45, 7) is 1.96. The van der Waals surface area contributed by atoms with Crippen molar-refractivity contribution in [2.45, 2.75) is 13.0 Å². The largest absolute Gasteiger partial charge is 0.377 e. The highest BCUT2D eigenvalue weighted by Gasteiger charge is 2.08. The molecule has 1 atom stereocenters. The Morgan fingerprint density at radius 1 is 1.33 bits per heavy atom. The molecule has 1 aromatic carbocycles. The van der Waals surface area contributed by atoms with Crippen molar-refractivity contribution in [3.63, 3.8) is 0 Å². The monoisotopic (exact) mass is 241 g/mol. The molecule has 18 heavy (non-hydrogen) atoms. The smallest absolute Gasteiger partial charge is 0.141 e. The molecule has 0 aliphatic carbocycles. The van der Waals surface area contributed by atoms with Gasteiger partial charge >= 0.3 is 0 Å². The number of rotatable bonds is 3. The lowest BCUT2D eigenvalue weighted by molar-refractivity contribution is 0.624. The lowest BCUT2D eigenvalue weighted by atomic mass is 10.1. The third-order valence-corrected chi connectivity index (χ3v) is 2.60. The summed E-state index contributed by atoms with van der Waals surface area (Å²) in [5.41, 5.74) is 1.62. The number of nitriles is 1. The Hall–Kier alpha value is -2.41. The van der Waals surface area contributed by atoms with Gasteiger partial charge in [0, 0.05) is 11.9 Å². The van der Waals surface area contributed by atoms with E-state index in [9.17, 15) is 4.39 Å². The minimum atomic E-state index is -0.506. The number of nitrogens with one attached hydrogen (secondary N) is 1. The van der Waals surface area contributed by atoms with Crippen LogP contribution < -0.4 is 5.32 Å². The highest BCUT2D eigenvalue weighted by Crippen LogP contribution is 2.19. The molecule has 0 fully saturated rings. The lowest BCUT2D eigenvalue weighted by Gasteiger charge is -2.14. The predicted molar refractivity (Wildman–Crippen MR) is 67.4 cm³/mol. The Bertz CT molecular complexity index is 575. The van der Waals surface area contributed by atoms with Crippen molar-refractivity contribution < 1.29 is 4.39 Å². The molecule has 0 aliphatic rings. The second-order valence-corrected chi connectivity index (χ2v) is 3.93. The van der Waals surface area contributed by atoms with Crippen molar-refractivity contribution in [1.29, 1.82) is 5.26 Å². The molecule has 90 valence electrons. The zero-order valence-corrected chi connectivity index (χ0v) is 9.89. The first-order valence-electron chi connectivity index (χ1n) is 5.58. The summed E-state index contributed by atoms with van der Waals surface area (Å²) >= 11 is 0. The first-order chi connectivity index (χ1) is 8.70. The first-order valence-corrected chi connectivity index (χ1v) is 5.58. The summed E-state index contributed by atoms with van der Waals surface area (Å²) in [5, 5.41) is 11.9. The van der Waals surface area contributed by atoms with Gasteiger partial charge in [-0.05, 0) is 37.3 Å². The van der Waals surface area contributed by atoms with Crippen molar-refractivity contribution in [3.8, 4) is 6.07 Å². The molecule has 1 aromatic heterocycles.